The van der Waals surface area contributed by atoms with Crippen LogP contribution in [0.1, 0.15) is 60.8 Å². The lowest BCUT2D eigenvalue weighted by Crippen LogP contribution is -2.48. The van der Waals surface area contributed by atoms with Crippen LogP contribution in [0.3, 0.4) is 0 Å². The van der Waals surface area contributed by atoms with Crippen LogP contribution >= 0.6 is 0 Å². The molecule has 0 fully saturated rings. The minimum Gasteiger partial charge on any atom is -0.480 e. The quantitative estimate of drug-likeness (QED) is 0.0891. The van der Waals surface area contributed by atoms with Gasteiger partial charge >= 0.3 is 5.97 Å². The highest BCUT2D eigenvalue weighted by atomic mass is 16.6. The highest BCUT2D eigenvalue weighted by Crippen LogP contribution is 2.16. The summed E-state index contributed by atoms with van der Waals surface area (Å²) in [6.07, 6.45) is 0.761. The maximum atomic E-state index is 11.9. The molecule has 46 heavy (non-hydrogen) atoms. The minimum atomic E-state index is -0.967. The van der Waals surface area contributed by atoms with E-state index in [1.807, 2.05) is 41.5 Å². The monoisotopic (exact) mass is 666 g/mol. The Balaban J connectivity index is 3.30. The van der Waals surface area contributed by atoms with E-state index in [4.69, 9.17) is 37.9 Å². The van der Waals surface area contributed by atoms with Crippen molar-refractivity contribution in [1.29, 1.82) is 0 Å². The average Bonchev–Trinajstić information content (AvgIpc) is 2.97. The highest BCUT2D eigenvalue weighted by Gasteiger charge is 2.24. The predicted octanol–water partition coefficient (Wildman–Crippen LogP) is 1.86. The van der Waals surface area contributed by atoms with Crippen molar-refractivity contribution < 1.29 is 57.4 Å². The Morgan fingerprint density at radius 2 is 0.891 bits per heavy atom. The van der Waals surface area contributed by atoms with E-state index in [1.54, 1.807) is 0 Å². The molecule has 1 amide bonds. The molecule has 0 aromatic rings. The van der Waals surface area contributed by atoms with Gasteiger partial charge in [-0.1, -0.05) is 20.8 Å². The summed E-state index contributed by atoms with van der Waals surface area (Å²) < 4.78 is 43.5. The van der Waals surface area contributed by atoms with E-state index in [1.165, 1.54) is 0 Å². The number of nitrogens with one attached hydrogen (secondary N) is 2. The molecule has 272 valence electrons. The number of rotatable bonds is 32. The lowest BCUT2D eigenvalue weighted by molar-refractivity contribution is -0.140. The van der Waals surface area contributed by atoms with Gasteiger partial charge < -0.3 is 48.3 Å². The number of hydrogen-bond acceptors (Lipinski definition) is 12. The third-order valence-corrected chi connectivity index (χ3v) is 6.05. The Morgan fingerprint density at radius 3 is 1.22 bits per heavy atom. The van der Waals surface area contributed by atoms with Crippen LogP contribution in [0.15, 0.2) is 0 Å². The molecular weight excluding hydrogens is 604 g/mol. The van der Waals surface area contributed by atoms with E-state index in [9.17, 15) is 19.5 Å². The molecule has 14 nitrogen and oxygen atoms in total. The fraction of sp³-hybridized carbons (Fsp3) is 0.906. The van der Waals surface area contributed by atoms with Gasteiger partial charge in [0.25, 0.3) is 0 Å². The predicted molar refractivity (Wildman–Crippen MR) is 172 cm³/mol. The van der Waals surface area contributed by atoms with E-state index in [0.717, 1.165) is 0 Å². The molecular formula is C32H62N2O12. The summed E-state index contributed by atoms with van der Waals surface area (Å²) in [5, 5.41) is 15.0. The highest BCUT2D eigenvalue weighted by molar-refractivity contribution is 5.83. The van der Waals surface area contributed by atoms with Crippen molar-refractivity contribution in [3.63, 3.8) is 0 Å². The first-order valence-corrected chi connectivity index (χ1v) is 16.3. The summed E-state index contributed by atoms with van der Waals surface area (Å²) >= 11 is 0. The summed E-state index contributed by atoms with van der Waals surface area (Å²) in [5.41, 5.74) is -0.673. The lowest BCUT2D eigenvalue weighted by Gasteiger charge is -2.25. The second-order valence-electron chi connectivity index (χ2n) is 12.5. The Kier molecular flexibility index (Phi) is 27.2. The summed E-state index contributed by atoms with van der Waals surface area (Å²) in [7, 11) is 0. The third-order valence-electron chi connectivity index (χ3n) is 6.05. The van der Waals surface area contributed by atoms with E-state index in [2.05, 4.69) is 10.6 Å². The van der Waals surface area contributed by atoms with Crippen LogP contribution in [0.2, 0.25) is 0 Å². The summed E-state index contributed by atoms with van der Waals surface area (Å²) in [6, 6.07) is -0.771. The zero-order valence-corrected chi connectivity index (χ0v) is 29.2. The first-order valence-electron chi connectivity index (χ1n) is 16.3. The number of carbonyl (C=O) groups excluding carboxylic acids is 2. The van der Waals surface area contributed by atoms with Gasteiger partial charge in [-0.3, -0.25) is 19.7 Å². The maximum absolute atomic E-state index is 11.9. The van der Waals surface area contributed by atoms with Crippen LogP contribution in [0.5, 0.6) is 0 Å². The number of carbonyl (C=O) groups is 3. The Labute approximate surface area is 275 Å². The van der Waals surface area contributed by atoms with Gasteiger partial charge in [-0.25, -0.2) is 0 Å². The molecule has 0 rings (SSSR count). The molecule has 0 aliphatic rings. The number of ketones is 1. The standard InChI is InChI=1S/C32H62N2O12/c1-31(2,3)28(35)9-11-39-13-15-41-17-19-43-21-23-45-25-26-46-24-22-44-20-18-42-16-14-40-12-10-33-29(36)8-7-27(30(37)38)34-32(4,5)6/h27,34H,7-26H2,1-6H3,(H,33,36)(H,37,38)/t27-/m0/s1. The molecule has 0 saturated carbocycles. The normalized spacial score (nSPS) is 12.7. The number of hydrogen-bond donors (Lipinski definition) is 3. The second kappa shape index (κ2) is 28.3. The van der Waals surface area contributed by atoms with Gasteiger partial charge in [0, 0.05) is 30.3 Å². The second-order valence-corrected chi connectivity index (χ2v) is 12.5. The Bertz CT molecular complexity index is 771. The van der Waals surface area contributed by atoms with Crippen molar-refractivity contribution in [2.24, 2.45) is 5.41 Å². The molecule has 0 heterocycles. The first-order chi connectivity index (χ1) is 21.8. The van der Waals surface area contributed by atoms with Gasteiger partial charge in [0.05, 0.1) is 106 Å². The van der Waals surface area contributed by atoms with Gasteiger partial charge in [-0.05, 0) is 27.2 Å². The van der Waals surface area contributed by atoms with E-state index < -0.39 is 12.0 Å². The molecule has 0 bridgehead atoms. The van der Waals surface area contributed by atoms with Crippen molar-refractivity contribution in [2.75, 3.05) is 112 Å². The van der Waals surface area contributed by atoms with Gasteiger partial charge in [-0.2, -0.15) is 0 Å². The van der Waals surface area contributed by atoms with Crippen LogP contribution in [0.25, 0.3) is 0 Å². The van der Waals surface area contributed by atoms with Gasteiger partial charge in [0.15, 0.2) is 0 Å². The summed E-state index contributed by atoms with van der Waals surface area (Å²) in [5.74, 6) is -0.981. The van der Waals surface area contributed by atoms with Crippen molar-refractivity contribution in [3.8, 4) is 0 Å². The van der Waals surface area contributed by atoms with Crippen LogP contribution in [0, 0.1) is 5.41 Å². The number of aliphatic carboxylic acids is 1. The molecule has 3 N–H and O–H groups in total. The number of Topliss-reactive ketones (excluding diaryl/α,β-unsaturated/α-hetero) is 1. The SMILES string of the molecule is CC(C)(C)N[C@@H](CCC(=O)NCCOCCOCCOCCOCCOCCOCCOCCOCCC(=O)C(C)(C)C)C(=O)O. The molecule has 0 aromatic heterocycles. The average molecular weight is 667 g/mol. The van der Waals surface area contributed by atoms with E-state index in [-0.39, 0.29) is 35.5 Å². The maximum Gasteiger partial charge on any atom is 0.320 e. The largest absolute Gasteiger partial charge is 0.480 e. The zero-order valence-electron chi connectivity index (χ0n) is 29.2. The van der Waals surface area contributed by atoms with Crippen LogP contribution < -0.4 is 10.6 Å². The molecule has 0 radical (unpaired) electrons. The van der Waals surface area contributed by atoms with Gasteiger partial charge in [0.1, 0.15) is 11.8 Å². The molecule has 0 spiro atoms. The molecule has 1 atom stereocenters. The first kappa shape index (κ1) is 44.2. The van der Waals surface area contributed by atoms with Gasteiger partial charge in [-0.15, -0.1) is 0 Å². The summed E-state index contributed by atoms with van der Waals surface area (Å²) in [4.78, 5) is 35.1. The fourth-order valence-electron chi connectivity index (χ4n) is 3.59. The number of carboxylic acids is 1. The van der Waals surface area contributed by atoms with Crippen molar-refractivity contribution in [3.05, 3.63) is 0 Å². The van der Waals surface area contributed by atoms with Crippen LogP contribution in [-0.4, -0.2) is 147 Å². The number of amides is 1. The fourth-order valence-corrected chi connectivity index (χ4v) is 3.59. The third kappa shape index (κ3) is 30.9. The number of carboxylic acid groups (broad SMARTS) is 1. The topological polar surface area (TPSA) is 169 Å². The summed E-state index contributed by atoms with van der Waals surface area (Å²) in [6.45, 7) is 18.9. The Morgan fingerprint density at radius 1 is 0.543 bits per heavy atom. The van der Waals surface area contributed by atoms with E-state index in [0.29, 0.717) is 119 Å². The minimum absolute atomic E-state index is 0.123. The van der Waals surface area contributed by atoms with Crippen molar-refractivity contribution >= 4 is 17.7 Å². The van der Waals surface area contributed by atoms with Gasteiger partial charge in [0.2, 0.25) is 5.91 Å². The molecule has 0 saturated heterocycles. The molecule has 0 aliphatic carbocycles. The smallest absolute Gasteiger partial charge is 0.320 e. The lowest BCUT2D eigenvalue weighted by atomic mass is 9.89. The van der Waals surface area contributed by atoms with Crippen molar-refractivity contribution in [2.45, 2.75) is 72.4 Å². The van der Waals surface area contributed by atoms with Crippen LogP contribution in [-0.2, 0) is 52.3 Å². The molecule has 0 aliphatic heterocycles. The Hall–Kier alpha value is -1.75. The molecule has 0 unspecified atom stereocenters. The zero-order chi connectivity index (χ0) is 34.5. The van der Waals surface area contributed by atoms with Crippen molar-refractivity contribution in [1.82, 2.24) is 10.6 Å². The van der Waals surface area contributed by atoms with E-state index >= 15 is 0 Å². The molecule has 14 heteroatoms. The molecule has 0 aromatic carbocycles. The van der Waals surface area contributed by atoms with Crippen LogP contribution in [0.4, 0.5) is 0 Å². The number of ether oxygens (including phenoxy) is 8.